The number of fused-ring (bicyclic) bond motifs is 1. The van der Waals surface area contributed by atoms with Crippen LogP contribution in [-0.4, -0.2) is 37.0 Å². The Balaban J connectivity index is 1.79. The zero-order valence-corrected chi connectivity index (χ0v) is 11.4. The second-order valence-corrected chi connectivity index (χ2v) is 5.47. The van der Waals surface area contributed by atoms with Gasteiger partial charge in [0.15, 0.2) is 0 Å². The first kappa shape index (κ1) is 12.3. The van der Waals surface area contributed by atoms with Gasteiger partial charge in [-0.05, 0) is 31.0 Å². The van der Waals surface area contributed by atoms with E-state index in [4.69, 9.17) is 0 Å². The Morgan fingerprint density at radius 1 is 1.16 bits per heavy atom. The molecular formula is C15H21N3O. The SMILES string of the molecule is CN(C(=O)c1ccc2c(c1)NCCN2)C1CCCC1. The molecule has 0 aromatic heterocycles. The Morgan fingerprint density at radius 3 is 2.58 bits per heavy atom. The van der Waals surface area contributed by atoms with Gasteiger partial charge in [0.05, 0.1) is 11.4 Å². The number of hydrogen-bond acceptors (Lipinski definition) is 3. The maximum absolute atomic E-state index is 12.5. The molecule has 0 spiro atoms. The fourth-order valence-electron chi connectivity index (χ4n) is 3.03. The van der Waals surface area contributed by atoms with E-state index in [9.17, 15) is 4.79 Å². The van der Waals surface area contributed by atoms with Crippen LogP contribution in [0.2, 0.25) is 0 Å². The maximum atomic E-state index is 12.5. The van der Waals surface area contributed by atoms with Crippen molar-refractivity contribution >= 4 is 17.3 Å². The quantitative estimate of drug-likeness (QED) is 0.858. The average molecular weight is 259 g/mol. The number of nitrogens with zero attached hydrogens (tertiary/aromatic N) is 1. The predicted molar refractivity (Wildman–Crippen MR) is 77.8 cm³/mol. The Kier molecular flexibility index (Phi) is 3.32. The third kappa shape index (κ3) is 2.39. The number of anilines is 2. The molecule has 2 N–H and O–H groups in total. The molecule has 4 heteroatoms. The molecule has 0 atom stereocenters. The fraction of sp³-hybridized carbons (Fsp3) is 0.533. The highest BCUT2D eigenvalue weighted by atomic mass is 16.2. The summed E-state index contributed by atoms with van der Waals surface area (Å²) in [5, 5.41) is 6.66. The summed E-state index contributed by atoms with van der Waals surface area (Å²) in [6.07, 6.45) is 4.79. The highest BCUT2D eigenvalue weighted by Gasteiger charge is 2.24. The molecule has 19 heavy (non-hydrogen) atoms. The fourth-order valence-corrected chi connectivity index (χ4v) is 3.03. The van der Waals surface area contributed by atoms with Crippen molar-refractivity contribution in [3.8, 4) is 0 Å². The van der Waals surface area contributed by atoms with Gasteiger partial charge in [-0.3, -0.25) is 4.79 Å². The first-order valence-electron chi connectivity index (χ1n) is 7.14. The largest absolute Gasteiger partial charge is 0.382 e. The van der Waals surface area contributed by atoms with Crippen LogP contribution in [0.4, 0.5) is 11.4 Å². The summed E-state index contributed by atoms with van der Waals surface area (Å²) < 4.78 is 0. The molecule has 0 bridgehead atoms. The van der Waals surface area contributed by atoms with E-state index in [0.717, 1.165) is 42.9 Å². The molecule has 0 radical (unpaired) electrons. The van der Waals surface area contributed by atoms with Crippen LogP contribution in [0.3, 0.4) is 0 Å². The number of amides is 1. The lowest BCUT2D eigenvalue weighted by Crippen LogP contribution is -2.35. The Labute approximate surface area is 114 Å². The van der Waals surface area contributed by atoms with Gasteiger partial charge in [-0.1, -0.05) is 12.8 Å². The molecular weight excluding hydrogens is 238 g/mol. The lowest BCUT2D eigenvalue weighted by molar-refractivity contribution is 0.0735. The van der Waals surface area contributed by atoms with Crippen LogP contribution in [0.1, 0.15) is 36.0 Å². The van der Waals surface area contributed by atoms with Crippen LogP contribution < -0.4 is 10.6 Å². The number of carbonyl (C=O) groups is 1. The lowest BCUT2D eigenvalue weighted by atomic mass is 10.1. The maximum Gasteiger partial charge on any atom is 0.253 e. The Hall–Kier alpha value is -1.71. The van der Waals surface area contributed by atoms with Crippen molar-refractivity contribution in [2.75, 3.05) is 30.8 Å². The summed E-state index contributed by atoms with van der Waals surface area (Å²) in [7, 11) is 1.93. The monoisotopic (exact) mass is 259 g/mol. The number of hydrogen-bond donors (Lipinski definition) is 2. The summed E-state index contributed by atoms with van der Waals surface area (Å²) in [6, 6.07) is 6.31. The highest BCUT2D eigenvalue weighted by Crippen LogP contribution is 2.28. The molecule has 0 saturated heterocycles. The molecule has 1 fully saturated rings. The minimum Gasteiger partial charge on any atom is -0.382 e. The molecule has 1 aromatic rings. The van der Waals surface area contributed by atoms with Crippen molar-refractivity contribution in [1.29, 1.82) is 0 Å². The lowest BCUT2D eigenvalue weighted by Gasteiger charge is -2.26. The number of nitrogens with one attached hydrogen (secondary N) is 2. The second kappa shape index (κ2) is 5.11. The van der Waals surface area contributed by atoms with E-state index in [-0.39, 0.29) is 5.91 Å². The van der Waals surface area contributed by atoms with Gasteiger partial charge in [-0.15, -0.1) is 0 Å². The minimum absolute atomic E-state index is 0.141. The topological polar surface area (TPSA) is 44.4 Å². The van der Waals surface area contributed by atoms with Crippen LogP contribution in [0, 0.1) is 0 Å². The van der Waals surface area contributed by atoms with Gasteiger partial charge in [-0.25, -0.2) is 0 Å². The summed E-state index contributed by atoms with van der Waals surface area (Å²) in [5.41, 5.74) is 2.91. The van der Waals surface area contributed by atoms with Crippen LogP contribution >= 0.6 is 0 Å². The standard InChI is InChI=1S/C15H21N3O/c1-18(12-4-2-3-5-12)15(19)11-6-7-13-14(10-11)17-9-8-16-13/h6-7,10,12,16-17H,2-5,8-9H2,1H3. The van der Waals surface area contributed by atoms with Crippen LogP contribution in [0.25, 0.3) is 0 Å². The Morgan fingerprint density at radius 2 is 1.84 bits per heavy atom. The van der Waals surface area contributed by atoms with Gasteiger partial charge in [0, 0.05) is 31.7 Å². The van der Waals surface area contributed by atoms with Crippen molar-refractivity contribution in [2.24, 2.45) is 0 Å². The van der Waals surface area contributed by atoms with Gasteiger partial charge in [0.25, 0.3) is 5.91 Å². The molecule has 4 nitrogen and oxygen atoms in total. The van der Waals surface area contributed by atoms with Crippen LogP contribution in [0.15, 0.2) is 18.2 Å². The number of carbonyl (C=O) groups excluding carboxylic acids is 1. The first-order valence-corrected chi connectivity index (χ1v) is 7.14. The van der Waals surface area contributed by atoms with Crippen LogP contribution in [-0.2, 0) is 0 Å². The number of benzene rings is 1. The van der Waals surface area contributed by atoms with E-state index in [2.05, 4.69) is 10.6 Å². The minimum atomic E-state index is 0.141. The molecule has 1 aliphatic carbocycles. The molecule has 1 heterocycles. The summed E-state index contributed by atoms with van der Waals surface area (Å²) in [5.74, 6) is 0.141. The zero-order valence-electron chi connectivity index (χ0n) is 11.4. The molecule has 3 rings (SSSR count). The Bertz CT molecular complexity index is 480. The molecule has 1 saturated carbocycles. The molecule has 2 aliphatic rings. The molecule has 1 aromatic carbocycles. The molecule has 1 aliphatic heterocycles. The van der Waals surface area contributed by atoms with E-state index in [0.29, 0.717) is 6.04 Å². The van der Waals surface area contributed by atoms with Gasteiger partial charge in [0.2, 0.25) is 0 Å². The van der Waals surface area contributed by atoms with Crippen molar-refractivity contribution in [1.82, 2.24) is 4.90 Å². The van der Waals surface area contributed by atoms with Gasteiger partial charge < -0.3 is 15.5 Å². The third-order valence-electron chi connectivity index (χ3n) is 4.22. The third-order valence-corrected chi connectivity index (χ3v) is 4.22. The van der Waals surface area contributed by atoms with Gasteiger partial charge in [-0.2, -0.15) is 0 Å². The zero-order chi connectivity index (χ0) is 13.2. The first-order chi connectivity index (χ1) is 9.25. The van der Waals surface area contributed by atoms with E-state index in [1.54, 1.807) is 0 Å². The molecule has 1 amide bonds. The summed E-state index contributed by atoms with van der Waals surface area (Å²) in [4.78, 5) is 14.4. The average Bonchev–Trinajstić information content (AvgIpc) is 2.99. The van der Waals surface area contributed by atoms with E-state index in [1.807, 2.05) is 30.1 Å². The highest BCUT2D eigenvalue weighted by molar-refractivity contribution is 5.96. The predicted octanol–water partition coefficient (Wildman–Crippen LogP) is 2.54. The van der Waals surface area contributed by atoms with E-state index < -0.39 is 0 Å². The van der Waals surface area contributed by atoms with Crippen molar-refractivity contribution in [3.63, 3.8) is 0 Å². The second-order valence-electron chi connectivity index (χ2n) is 5.47. The smallest absolute Gasteiger partial charge is 0.253 e. The van der Waals surface area contributed by atoms with Crippen molar-refractivity contribution in [2.45, 2.75) is 31.7 Å². The van der Waals surface area contributed by atoms with E-state index >= 15 is 0 Å². The van der Waals surface area contributed by atoms with Crippen LogP contribution in [0.5, 0.6) is 0 Å². The van der Waals surface area contributed by atoms with Gasteiger partial charge >= 0.3 is 0 Å². The summed E-state index contributed by atoms with van der Waals surface area (Å²) in [6.45, 7) is 1.84. The molecule has 102 valence electrons. The normalized spacial score (nSPS) is 18.4. The summed E-state index contributed by atoms with van der Waals surface area (Å²) >= 11 is 0. The van der Waals surface area contributed by atoms with Gasteiger partial charge in [0.1, 0.15) is 0 Å². The van der Waals surface area contributed by atoms with E-state index in [1.165, 1.54) is 12.8 Å². The molecule has 0 unspecified atom stereocenters. The van der Waals surface area contributed by atoms with Crippen molar-refractivity contribution in [3.05, 3.63) is 23.8 Å². The number of rotatable bonds is 2. The van der Waals surface area contributed by atoms with Crippen molar-refractivity contribution < 1.29 is 4.79 Å².